The van der Waals surface area contributed by atoms with Crippen LogP contribution in [0.4, 0.5) is 4.79 Å². The van der Waals surface area contributed by atoms with Gasteiger partial charge in [0.15, 0.2) is 6.10 Å². The summed E-state index contributed by atoms with van der Waals surface area (Å²) >= 11 is 0. The predicted molar refractivity (Wildman–Crippen MR) is 153 cm³/mol. The fraction of sp³-hybridized carbons (Fsp3) is 0.467. The molecule has 11 heteroatoms. The molecular weight excluding hydrogens is 530 g/mol. The molecule has 1 heterocycles. The van der Waals surface area contributed by atoms with E-state index in [0.29, 0.717) is 5.57 Å². The van der Waals surface area contributed by atoms with Crippen molar-refractivity contribution in [1.29, 1.82) is 0 Å². The van der Waals surface area contributed by atoms with E-state index >= 15 is 0 Å². The van der Waals surface area contributed by atoms with E-state index in [9.17, 15) is 29.4 Å². The summed E-state index contributed by atoms with van der Waals surface area (Å²) in [6.45, 7) is 10.6. The van der Waals surface area contributed by atoms with Crippen LogP contribution in [-0.2, 0) is 23.9 Å². The fourth-order valence-corrected chi connectivity index (χ4v) is 4.74. The zero-order valence-corrected chi connectivity index (χ0v) is 24.2. The molecular formula is C30H41N3O8. The van der Waals surface area contributed by atoms with Crippen molar-refractivity contribution >= 4 is 23.6 Å². The summed E-state index contributed by atoms with van der Waals surface area (Å²) in [4.78, 5) is 51.0. The highest BCUT2D eigenvalue weighted by Crippen LogP contribution is 2.28. The Bertz CT molecular complexity index is 1200. The van der Waals surface area contributed by atoms with Gasteiger partial charge < -0.3 is 36.1 Å². The van der Waals surface area contributed by atoms with Gasteiger partial charge in [-0.3, -0.25) is 14.4 Å². The van der Waals surface area contributed by atoms with Gasteiger partial charge in [-0.2, -0.15) is 0 Å². The summed E-state index contributed by atoms with van der Waals surface area (Å²) < 4.78 is 10.8. The third-order valence-corrected chi connectivity index (χ3v) is 6.94. The number of aliphatic hydroxyl groups is 2. The summed E-state index contributed by atoms with van der Waals surface area (Å²) in [6, 6.07) is 0. The molecule has 2 aliphatic rings. The van der Waals surface area contributed by atoms with E-state index < -0.39 is 53.9 Å². The Labute approximate surface area is 240 Å². The molecule has 1 aliphatic carbocycles. The molecule has 0 radical (unpaired) electrons. The lowest BCUT2D eigenvalue weighted by atomic mass is 9.85. The second kappa shape index (κ2) is 15.3. The Hall–Kier alpha value is -3.80. The van der Waals surface area contributed by atoms with Crippen LogP contribution < -0.4 is 16.4 Å². The Morgan fingerprint density at radius 3 is 2.54 bits per heavy atom. The lowest BCUT2D eigenvalue weighted by Gasteiger charge is -2.28. The quantitative estimate of drug-likeness (QED) is 0.243. The first kappa shape index (κ1) is 33.4. The molecule has 0 saturated carbocycles. The van der Waals surface area contributed by atoms with Crippen LogP contribution >= 0.6 is 0 Å². The maximum atomic E-state index is 13.4. The molecule has 0 spiro atoms. The number of ketones is 2. The molecule has 1 aliphatic heterocycles. The molecule has 0 fully saturated rings. The first-order valence-electron chi connectivity index (χ1n) is 13.4. The Morgan fingerprint density at radius 2 is 1.93 bits per heavy atom. The minimum absolute atomic E-state index is 0.103. The van der Waals surface area contributed by atoms with Crippen molar-refractivity contribution in [2.75, 3.05) is 13.7 Å². The molecule has 6 atom stereocenters. The first-order valence-corrected chi connectivity index (χ1v) is 13.4. The number of carbonyl (C=O) groups excluding carboxylic acids is 4. The van der Waals surface area contributed by atoms with E-state index in [1.54, 1.807) is 39.0 Å². The van der Waals surface area contributed by atoms with E-state index in [0.717, 1.165) is 6.08 Å². The molecule has 224 valence electrons. The van der Waals surface area contributed by atoms with Crippen molar-refractivity contribution in [3.8, 4) is 0 Å². The van der Waals surface area contributed by atoms with Crippen LogP contribution in [0.5, 0.6) is 0 Å². The summed E-state index contributed by atoms with van der Waals surface area (Å²) in [6.07, 6.45) is 3.88. The second-order valence-electron chi connectivity index (χ2n) is 10.4. The van der Waals surface area contributed by atoms with Gasteiger partial charge in [0.05, 0.1) is 23.6 Å². The molecule has 0 aromatic heterocycles. The molecule has 2 amide bonds. The van der Waals surface area contributed by atoms with Gasteiger partial charge in [0.25, 0.3) is 5.91 Å². The monoisotopic (exact) mass is 571 g/mol. The maximum absolute atomic E-state index is 13.4. The molecule has 2 bridgehead atoms. The van der Waals surface area contributed by atoms with Crippen molar-refractivity contribution in [1.82, 2.24) is 10.6 Å². The highest BCUT2D eigenvalue weighted by Gasteiger charge is 2.32. The number of aliphatic hydroxyl groups excluding tert-OH is 2. The van der Waals surface area contributed by atoms with Crippen LogP contribution in [0, 0.1) is 11.8 Å². The number of nitrogens with one attached hydrogen (secondary N) is 2. The van der Waals surface area contributed by atoms with Gasteiger partial charge in [-0.05, 0) is 38.2 Å². The van der Waals surface area contributed by atoms with E-state index in [2.05, 4.69) is 17.2 Å². The smallest absolute Gasteiger partial charge is 0.405 e. The average Bonchev–Trinajstić information content (AvgIpc) is 2.90. The summed E-state index contributed by atoms with van der Waals surface area (Å²) in [5.74, 6) is -2.51. The van der Waals surface area contributed by atoms with Crippen molar-refractivity contribution in [2.45, 2.75) is 65.0 Å². The number of amides is 2. The average molecular weight is 572 g/mol. The number of hydrogen-bond donors (Lipinski definition) is 5. The summed E-state index contributed by atoms with van der Waals surface area (Å²) in [5, 5.41) is 27.2. The minimum atomic E-state index is -1.20. The number of primary amides is 1. The number of nitrogens with two attached hydrogens (primary N) is 1. The number of fused-ring (bicyclic) bond motifs is 2. The lowest BCUT2D eigenvalue weighted by molar-refractivity contribution is -0.120. The number of hydrogen-bond acceptors (Lipinski definition) is 9. The zero-order valence-electron chi connectivity index (χ0n) is 24.2. The molecule has 0 aromatic carbocycles. The number of methoxy groups -OCH3 is 1. The van der Waals surface area contributed by atoms with Gasteiger partial charge in [0, 0.05) is 36.8 Å². The molecule has 6 N–H and O–H groups in total. The first-order chi connectivity index (χ1) is 19.3. The third-order valence-electron chi connectivity index (χ3n) is 6.94. The van der Waals surface area contributed by atoms with Gasteiger partial charge in [0.1, 0.15) is 6.10 Å². The van der Waals surface area contributed by atoms with Crippen molar-refractivity contribution in [3.05, 3.63) is 71.1 Å². The van der Waals surface area contributed by atoms with Gasteiger partial charge in [-0.15, -0.1) is 6.58 Å². The Morgan fingerprint density at radius 1 is 1.24 bits per heavy atom. The maximum Gasteiger partial charge on any atom is 0.405 e. The second-order valence-corrected chi connectivity index (χ2v) is 10.4. The van der Waals surface area contributed by atoms with Gasteiger partial charge >= 0.3 is 6.09 Å². The van der Waals surface area contributed by atoms with E-state index in [1.165, 1.54) is 26.2 Å². The molecule has 41 heavy (non-hydrogen) atoms. The number of rotatable bonds is 5. The molecule has 0 unspecified atom stereocenters. The fourth-order valence-electron chi connectivity index (χ4n) is 4.74. The normalized spacial score (nSPS) is 32.1. The standard InChI is InChI=1S/C30H41N3O8/c1-7-11-32-25-20-12-16(2)13-23(35)26(36)18(4)14-19(5)28(41-30(31)39)24(40-6)10-8-9-17(3)29(38)33-21(27(20)37)15-22(25)34/h7-10,14-16,18,23-24,26,28,32,35-36H,1,11-13H2,2-6H3,(H2,31,39)(H,33,38)/b10-8-,17-9+,19-14+/t16-,18+,23+,24+,26-,28+/m1/s1. The van der Waals surface area contributed by atoms with Crippen LogP contribution in [0.3, 0.4) is 0 Å². The largest absolute Gasteiger partial charge is 0.439 e. The van der Waals surface area contributed by atoms with Crippen LogP contribution in [0.1, 0.15) is 40.5 Å². The van der Waals surface area contributed by atoms with Crippen molar-refractivity contribution in [3.63, 3.8) is 0 Å². The SMILES string of the molecule is C=CCNC1=C2C[C@@H](C)C[C@H](O)[C@H](O)[C@@H](C)/C=C(\C)[C@H](OC(N)=O)[C@@H](OC)/C=C\C=C(/C)C(=O)NC(=CC1=O)C2=O. The molecule has 0 saturated heterocycles. The molecule has 0 aromatic rings. The van der Waals surface area contributed by atoms with E-state index in [-0.39, 0.29) is 47.8 Å². The molecule has 11 nitrogen and oxygen atoms in total. The summed E-state index contributed by atoms with van der Waals surface area (Å²) in [7, 11) is 1.41. The zero-order chi connectivity index (χ0) is 30.9. The summed E-state index contributed by atoms with van der Waals surface area (Å²) in [5.41, 5.74) is 6.15. The topological polar surface area (TPSA) is 177 Å². The Balaban J connectivity index is 2.58. The van der Waals surface area contributed by atoms with Gasteiger partial charge in [-0.1, -0.05) is 44.2 Å². The number of ether oxygens (including phenoxy) is 2. The minimum Gasteiger partial charge on any atom is -0.439 e. The van der Waals surface area contributed by atoms with Crippen molar-refractivity contribution in [2.24, 2.45) is 17.6 Å². The highest BCUT2D eigenvalue weighted by molar-refractivity contribution is 6.23. The molecule has 2 rings (SSSR count). The Kier molecular flexibility index (Phi) is 12.4. The number of carbonyl (C=O) groups is 4. The van der Waals surface area contributed by atoms with Crippen LogP contribution in [0.25, 0.3) is 0 Å². The van der Waals surface area contributed by atoms with E-state index in [4.69, 9.17) is 15.2 Å². The van der Waals surface area contributed by atoms with Gasteiger partial charge in [0.2, 0.25) is 11.6 Å². The van der Waals surface area contributed by atoms with Crippen LogP contribution in [0.15, 0.2) is 71.1 Å². The van der Waals surface area contributed by atoms with E-state index in [1.807, 2.05) is 0 Å². The third kappa shape index (κ3) is 9.10. The van der Waals surface area contributed by atoms with Crippen LogP contribution in [0.2, 0.25) is 0 Å². The number of allylic oxidation sites excluding steroid dienone is 4. The van der Waals surface area contributed by atoms with Crippen molar-refractivity contribution < 1.29 is 38.9 Å². The number of Topliss-reactive ketones (excluding diaryl/α,β-unsaturated/α-hetero) is 1. The predicted octanol–water partition coefficient (Wildman–Crippen LogP) is 1.88. The van der Waals surface area contributed by atoms with Gasteiger partial charge in [-0.25, -0.2) is 4.79 Å². The lowest BCUT2D eigenvalue weighted by Crippen LogP contribution is -2.37. The van der Waals surface area contributed by atoms with Crippen LogP contribution in [-0.4, -0.2) is 71.9 Å². The highest BCUT2D eigenvalue weighted by atomic mass is 16.6.